The van der Waals surface area contributed by atoms with Crippen LogP contribution in [-0.4, -0.2) is 60.8 Å². The fourth-order valence-corrected chi connectivity index (χ4v) is 2.79. The summed E-state index contributed by atoms with van der Waals surface area (Å²) in [6.45, 7) is 3.35. The van der Waals surface area contributed by atoms with Crippen LogP contribution in [0.5, 0.6) is 0 Å². The normalized spacial score (nSPS) is 25.4. The minimum atomic E-state index is -0.751. The molecule has 0 saturated carbocycles. The van der Waals surface area contributed by atoms with Crippen LogP contribution in [0.25, 0.3) is 0 Å². The van der Waals surface area contributed by atoms with Gasteiger partial charge < -0.3 is 15.2 Å². The zero-order chi connectivity index (χ0) is 13.7. The number of hydrogen-bond donors (Lipinski definition) is 2. The summed E-state index contributed by atoms with van der Waals surface area (Å²) < 4.78 is 5.25. The Labute approximate surface area is 113 Å². The van der Waals surface area contributed by atoms with Crippen molar-refractivity contribution in [3.05, 3.63) is 0 Å². The first-order valence-corrected chi connectivity index (χ1v) is 6.94. The topological polar surface area (TPSA) is 78.9 Å². The van der Waals surface area contributed by atoms with Gasteiger partial charge in [-0.05, 0) is 31.7 Å². The molecule has 1 atom stereocenters. The number of carboxylic acid groups (broad SMARTS) is 1. The third kappa shape index (κ3) is 4.80. The van der Waals surface area contributed by atoms with Gasteiger partial charge in [-0.2, -0.15) is 0 Å². The number of ether oxygens (including phenoxy) is 1. The van der Waals surface area contributed by atoms with Gasteiger partial charge in [-0.1, -0.05) is 0 Å². The number of nitrogens with zero attached hydrogens (tertiary/aromatic N) is 1. The zero-order valence-electron chi connectivity index (χ0n) is 11.1. The summed E-state index contributed by atoms with van der Waals surface area (Å²) in [5, 5.41) is 11.8. The van der Waals surface area contributed by atoms with E-state index in [0.29, 0.717) is 13.1 Å². The number of likely N-dealkylation sites (tertiary alicyclic amines) is 1. The number of amides is 1. The maximum Gasteiger partial charge on any atom is 0.303 e. The van der Waals surface area contributed by atoms with Crippen LogP contribution in [0, 0.1) is 5.92 Å². The van der Waals surface area contributed by atoms with Gasteiger partial charge in [-0.25, -0.2) is 0 Å². The Morgan fingerprint density at radius 2 is 2.00 bits per heavy atom. The van der Waals surface area contributed by atoms with Gasteiger partial charge in [0.15, 0.2) is 0 Å². The molecule has 1 unspecified atom stereocenters. The largest absolute Gasteiger partial charge is 0.481 e. The van der Waals surface area contributed by atoms with Crippen LogP contribution >= 0.6 is 0 Å². The number of aliphatic carboxylic acids is 1. The van der Waals surface area contributed by atoms with Crippen molar-refractivity contribution >= 4 is 11.9 Å². The average Bonchev–Trinajstić information content (AvgIpc) is 2.76. The maximum absolute atomic E-state index is 11.9. The van der Waals surface area contributed by atoms with Gasteiger partial charge in [-0.15, -0.1) is 0 Å². The van der Waals surface area contributed by atoms with Crippen molar-refractivity contribution in [2.24, 2.45) is 5.92 Å². The molecule has 19 heavy (non-hydrogen) atoms. The van der Waals surface area contributed by atoms with E-state index in [-0.39, 0.29) is 24.3 Å². The Morgan fingerprint density at radius 1 is 1.26 bits per heavy atom. The van der Waals surface area contributed by atoms with Gasteiger partial charge in [0.25, 0.3) is 0 Å². The zero-order valence-corrected chi connectivity index (χ0v) is 11.1. The van der Waals surface area contributed by atoms with Crippen LogP contribution in [0.3, 0.4) is 0 Å². The third-order valence-corrected chi connectivity index (χ3v) is 3.79. The molecule has 108 valence electrons. The number of carboxylic acids is 1. The lowest BCUT2D eigenvalue weighted by Crippen LogP contribution is -2.43. The number of carbonyl (C=O) groups is 2. The van der Waals surface area contributed by atoms with E-state index in [1.165, 1.54) is 0 Å². The van der Waals surface area contributed by atoms with Crippen LogP contribution in [0.1, 0.15) is 25.7 Å². The van der Waals surface area contributed by atoms with Crippen LogP contribution < -0.4 is 5.32 Å². The SMILES string of the molecule is O=C(O)CC1CCN(CC(=O)NC2CCOCC2)C1. The van der Waals surface area contributed by atoms with E-state index in [1.807, 2.05) is 4.90 Å². The molecule has 0 spiro atoms. The van der Waals surface area contributed by atoms with Gasteiger partial charge in [0.05, 0.1) is 6.54 Å². The standard InChI is InChI=1S/C13H22N2O4/c16-12(14-11-2-5-19-6-3-11)9-15-4-1-10(8-15)7-13(17)18/h10-11H,1-9H2,(H,14,16)(H,17,18). The van der Waals surface area contributed by atoms with Gasteiger partial charge in [0.2, 0.25) is 5.91 Å². The second-order valence-corrected chi connectivity index (χ2v) is 5.44. The Morgan fingerprint density at radius 3 is 2.68 bits per heavy atom. The number of hydrogen-bond acceptors (Lipinski definition) is 4. The molecule has 6 heteroatoms. The highest BCUT2D eigenvalue weighted by atomic mass is 16.5. The number of nitrogens with one attached hydrogen (secondary N) is 1. The molecule has 0 radical (unpaired) electrons. The smallest absolute Gasteiger partial charge is 0.303 e. The van der Waals surface area contributed by atoms with E-state index in [1.54, 1.807) is 0 Å². The lowest BCUT2D eigenvalue weighted by atomic mass is 10.1. The Bertz CT molecular complexity index is 329. The summed E-state index contributed by atoms with van der Waals surface area (Å²) in [5.41, 5.74) is 0. The lowest BCUT2D eigenvalue weighted by molar-refractivity contribution is -0.138. The summed E-state index contributed by atoms with van der Waals surface area (Å²) in [6.07, 6.45) is 2.84. The van der Waals surface area contributed by atoms with Crippen LogP contribution in [-0.2, 0) is 14.3 Å². The van der Waals surface area contributed by atoms with E-state index in [4.69, 9.17) is 9.84 Å². The second kappa shape index (κ2) is 6.86. The Hall–Kier alpha value is -1.14. The highest BCUT2D eigenvalue weighted by Crippen LogP contribution is 2.19. The molecule has 0 aromatic carbocycles. The van der Waals surface area contributed by atoms with Crippen molar-refractivity contribution in [3.8, 4) is 0 Å². The van der Waals surface area contributed by atoms with Crippen molar-refractivity contribution in [1.82, 2.24) is 10.2 Å². The monoisotopic (exact) mass is 270 g/mol. The van der Waals surface area contributed by atoms with Crippen molar-refractivity contribution in [2.45, 2.75) is 31.7 Å². The quantitative estimate of drug-likeness (QED) is 0.739. The summed E-state index contributed by atoms with van der Waals surface area (Å²) in [4.78, 5) is 24.6. The fourth-order valence-electron chi connectivity index (χ4n) is 2.79. The highest BCUT2D eigenvalue weighted by molar-refractivity contribution is 5.78. The van der Waals surface area contributed by atoms with Gasteiger partial charge in [-0.3, -0.25) is 14.5 Å². The maximum atomic E-state index is 11.9. The first kappa shape index (κ1) is 14.3. The van der Waals surface area contributed by atoms with Crippen LogP contribution in [0.2, 0.25) is 0 Å². The molecule has 2 N–H and O–H groups in total. The third-order valence-electron chi connectivity index (χ3n) is 3.79. The molecule has 2 heterocycles. The average molecular weight is 270 g/mol. The number of rotatable bonds is 5. The molecule has 2 aliphatic heterocycles. The molecule has 2 fully saturated rings. The lowest BCUT2D eigenvalue weighted by Gasteiger charge is -2.24. The molecule has 2 saturated heterocycles. The van der Waals surface area contributed by atoms with Gasteiger partial charge in [0.1, 0.15) is 0 Å². The highest BCUT2D eigenvalue weighted by Gasteiger charge is 2.26. The molecule has 2 aliphatic rings. The van der Waals surface area contributed by atoms with Crippen molar-refractivity contribution in [2.75, 3.05) is 32.8 Å². The molecule has 0 aromatic rings. The van der Waals surface area contributed by atoms with Gasteiger partial charge >= 0.3 is 5.97 Å². The van der Waals surface area contributed by atoms with Crippen molar-refractivity contribution < 1.29 is 19.4 Å². The molecule has 2 rings (SSSR count). The summed E-state index contributed by atoms with van der Waals surface area (Å²) in [7, 11) is 0. The Balaban J connectivity index is 1.66. The van der Waals surface area contributed by atoms with E-state index in [9.17, 15) is 9.59 Å². The summed E-state index contributed by atoms with van der Waals surface area (Å²) in [5.74, 6) is -0.519. The second-order valence-electron chi connectivity index (χ2n) is 5.44. The van der Waals surface area contributed by atoms with Crippen LogP contribution in [0.15, 0.2) is 0 Å². The van der Waals surface area contributed by atoms with E-state index >= 15 is 0 Å². The van der Waals surface area contributed by atoms with E-state index < -0.39 is 5.97 Å². The van der Waals surface area contributed by atoms with Crippen molar-refractivity contribution in [1.29, 1.82) is 0 Å². The predicted octanol–water partition coefficient (Wildman–Crippen LogP) is 0.0782. The fraction of sp³-hybridized carbons (Fsp3) is 0.846. The minimum Gasteiger partial charge on any atom is -0.481 e. The summed E-state index contributed by atoms with van der Waals surface area (Å²) >= 11 is 0. The first-order chi connectivity index (χ1) is 9.13. The minimum absolute atomic E-state index is 0.0443. The van der Waals surface area contributed by atoms with Crippen LogP contribution in [0.4, 0.5) is 0 Å². The molecule has 0 aromatic heterocycles. The first-order valence-electron chi connectivity index (χ1n) is 6.94. The van der Waals surface area contributed by atoms with Gasteiger partial charge in [0, 0.05) is 32.2 Å². The molecule has 1 amide bonds. The number of carbonyl (C=O) groups excluding carboxylic acids is 1. The molecular formula is C13H22N2O4. The van der Waals surface area contributed by atoms with Crippen molar-refractivity contribution in [3.63, 3.8) is 0 Å². The molecular weight excluding hydrogens is 248 g/mol. The molecule has 0 aliphatic carbocycles. The Kier molecular flexibility index (Phi) is 5.15. The van der Waals surface area contributed by atoms with E-state index in [2.05, 4.69) is 5.32 Å². The van der Waals surface area contributed by atoms with E-state index in [0.717, 1.165) is 39.0 Å². The predicted molar refractivity (Wildman–Crippen MR) is 68.8 cm³/mol. The molecule has 0 bridgehead atoms. The summed E-state index contributed by atoms with van der Waals surface area (Å²) in [6, 6.07) is 0.235. The molecule has 6 nitrogen and oxygen atoms in total.